The van der Waals surface area contributed by atoms with Gasteiger partial charge in [0.15, 0.2) is 0 Å². The molecule has 0 aliphatic rings. The van der Waals surface area contributed by atoms with Gasteiger partial charge in [-0.1, -0.05) is 0 Å². The summed E-state index contributed by atoms with van der Waals surface area (Å²) in [4.78, 5) is 11.5. The van der Waals surface area contributed by atoms with Gasteiger partial charge in [0.05, 0.1) is 5.69 Å². The first-order chi connectivity index (χ1) is 8.28. The second-order valence-electron chi connectivity index (χ2n) is 5.10. The minimum atomic E-state index is -0.645. The van der Waals surface area contributed by atoms with Gasteiger partial charge in [-0.25, -0.2) is 8.78 Å². The first-order valence-corrected chi connectivity index (χ1v) is 5.78. The molecule has 3 nitrogen and oxygen atoms in total. The molecule has 0 radical (unpaired) electrons. The highest BCUT2D eigenvalue weighted by atomic mass is 19.1. The van der Waals surface area contributed by atoms with E-state index < -0.39 is 11.6 Å². The Hall–Kier alpha value is -1.49. The van der Waals surface area contributed by atoms with E-state index >= 15 is 0 Å². The van der Waals surface area contributed by atoms with Crippen LogP contribution in [-0.2, 0) is 4.79 Å². The first-order valence-electron chi connectivity index (χ1n) is 5.78. The van der Waals surface area contributed by atoms with Gasteiger partial charge < -0.3 is 10.6 Å². The van der Waals surface area contributed by atoms with Crippen LogP contribution in [0.3, 0.4) is 0 Å². The third-order valence-electron chi connectivity index (χ3n) is 2.21. The van der Waals surface area contributed by atoms with Crippen molar-refractivity contribution in [2.75, 3.05) is 11.9 Å². The van der Waals surface area contributed by atoms with Gasteiger partial charge in [-0.2, -0.15) is 0 Å². The highest BCUT2D eigenvalue weighted by Crippen LogP contribution is 2.15. The lowest BCUT2D eigenvalue weighted by molar-refractivity contribution is -0.116. The average molecular weight is 256 g/mol. The van der Waals surface area contributed by atoms with E-state index in [0.29, 0.717) is 6.54 Å². The second-order valence-corrected chi connectivity index (χ2v) is 5.10. The summed E-state index contributed by atoms with van der Waals surface area (Å²) < 4.78 is 26.1. The van der Waals surface area contributed by atoms with E-state index in [9.17, 15) is 13.6 Å². The molecule has 0 atom stereocenters. The first kappa shape index (κ1) is 14.6. The van der Waals surface area contributed by atoms with Crippen molar-refractivity contribution in [3.63, 3.8) is 0 Å². The molecule has 0 heterocycles. The van der Waals surface area contributed by atoms with Gasteiger partial charge in [0, 0.05) is 24.6 Å². The third kappa shape index (κ3) is 5.23. The number of nitrogens with one attached hydrogen (secondary N) is 2. The van der Waals surface area contributed by atoms with Crippen LogP contribution in [0.2, 0.25) is 0 Å². The Bertz CT molecular complexity index is 427. The van der Waals surface area contributed by atoms with Crippen molar-refractivity contribution < 1.29 is 13.6 Å². The summed E-state index contributed by atoms with van der Waals surface area (Å²) in [7, 11) is 0. The molecule has 0 fully saturated rings. The van der Waals surface area contributed by atoms with Gasteiger partial charge >= 0.3 is 0 Å². The van der Waals surface area contributed by atoms with Crippen molar-refractivity contribution in [2.45, 2.75) is 32.7 Å². The molecule has 0 saturated heterocycles. The zero-order valence-corrected chi connectivity index (χ0v) is 10.8. The van der Waals surface area contributed by atoms with Gasteiger partial charge in [-0.15, -0.1) is 0 Å². The summed E-state index contributed by atoms with van der Waals surface area (Å²) in [5.41, 5.74) is -0.208. The van der Waals surface area contributed by atoms with Crippen LogP contribution >= 0.6 is 0 Å². The molecule has 18 heavy (non-hydrogen) atoms. The van der Waals surface area contributed by atoms with E-state index in [1.54, 1.807) is 0 Å². The molecule has 1 aromatic carbocycles. The van der Waals surface area contributed by atoms with E-state index in [1.807, 2.05) is 20.8 Å². The van der Waals surface area contributed by atoms with Gasteiger partial charge in [0.25, 0.3) is 0 Å². The molecule has 1 amide bonds. The second kappa shape index (κ2) is 5.91. The van der Waals surface area contributed by atoms with Gasteiger partial charge in [-0.05, 0) is 32.9 Å². The van der Waals surface area contributed by atoms with Crippen LogP contribution in [-0.4, -0.2) is 18.0 Å². The maximum absolute atomic E-state index is 13.2. The predicted molar refractivity (Wildman–Crippen MR) is 67.4 cm³/mol. The smallest absolute Gasteiger partial charge is 0.225 e. The molecule has 0 unspecified atom stereocenters. The zero-order chi connectivity index (χ0) is 13.8. The Labute approximate surface area is 106 Å². The molecule has 2 N–H and O–H groups in total. The van der Waals surface area contributed by atoms with Crippen LogP contribution in [0.15, 0.2) is 18.2 Å². The third-order valence-corrected chi connectivity index (χ3v) is 2.21. The normalized spacial score (nSPS) is 11.4. The predicted octanol–water partition coefficient (Wildman–Crippen LogP) is 2.68. The largest absolute Gasteiger partial charge is 0.323 e. The Morgan fingerprint density at radius 2 is 1.94 bits per heavy atom. The van der Waals surface area contributed by atoms with Crippen LogP contribution in [0.1, 0.15) is 27.2 Å². The quantitative estimate of drug-likeness (QED) is 0.869. The summed E-state index contributed by atoms with van der Waals surface area (Å²) in [5, 5.41) is 5.48. The highest BCUT2D eigenvalue weighted by molar-refractivity contribution is 5.90. The Kier molecular flexibility index (Phi) is 4.78. The van der Waals surface area contributed by atoms with Gasteiger partial charge in [0.2, 0.25) is 5.91 Å². The van der Waals surface area contributed by atoms with Gasteiger partial charge in [0.1, 0.15) is 11.6 Å². The Balaban J connectivity index is 2.47. The maximum atomic E-state index is 13.2. The standard InChI is InChI=1S/C13H18F2N2O/c1-13(2,3)16-7-6-12(18)17-11-8-9(14)4-5-10(11)15/h4-5,8,16H,6-7H2,1-3H3,(H,17,18). The van der Waals surface area contributed by atoms with E-state index in [1.165, 1.54) is 0 Å². The number of amides is 1. The summed E-state index contributed by atoms with van der Waals surface area (Å²) in [6.45, 7) is 6.43. The van der Waals surface area contributed by atoms with Crippen LogP contribution in [0, 0.1) is 11.6 Å². The van der Waals surface area contributed by atoms with Crippen LogP contribution < -0.4 is 10.6 Å². The van der Waals surface area contributed by atoms with Crippen molar-refractivity contribution in [2.24, 2.45) is 0 Å². The summed E-state index contributed by atoms with van der Waals surface area (Å²) in [6, 6.07) is 2.95. The monoisotopic (exact) mass is 256 g/mol. The van der Waals surface area contributed by atoms with Crippen LogP contribution in [0.4, 0.5) is 14.5 Å². The zero-order valence-electron chi connectivity index (χ0n) is 10.8. The lowest BCUT2D eigenvalue weighted by Crippen LogP contribution is -2.37. The molecule has 0 bridgehead atoms. The number of carbonyl (C=O) groups excluding carboxylic acids is 1. The molecule has 0 spiro atoms. The van der Waals surface area contributed by atoms with Crippen molar-refractivity contribution in [1.82, 2.24) is 5.32 Å². The molecule has 0 aliphatic heterocycles. The summed E-state index contributed by atoms with van der Waals surface area (Å²) in [6.07, 6.45) is 0.202. The molecule has 0 saturated carbocycles. The van der Waals surface area contributed by atoms with Crippen LogP contribution in [0.25, 0.3) is 0 Å². The fraction of sp³-hybridized carbons (Fsp3) is 0.462. The molecule has 1 aromatic rings. The highest BCUT2D eigenvalue weighted by Gasteiger charge is 2.11. The Morgan fingerprint density at radius 3 is 2.56 bits per heavy atom. The van der Waals surface area contributed by atoms with Crippen LogP contribution in [0.5, 0.6) is 0 Å². The number of halogens is 2. The van der Waals surface area contributed by atoms with Crippen molar-refractivity contribution in [3.05, 3.63) is 29.8 Å². The molecule has 0 aromatic heterocycles. The topological polar surface area (TPSA) is 41.1 Å². The van der Waals surface area contributed by atoms with Crippen molar-refractivity contribution in [1.29, 1.82) is 0 Å². The number of hydrogen-bond acceptors (Lipinski definition) is 2. The van der Waals surface area contributed by atoms with Crippen molar-refractivity contribution >= 4 is 11.6 Å². The van der Waals surface area contributed by atoms with E-state index in [-0.39, 0.29) is 23.6 Å². The fourth-order valence-corrected chi connectivity index (χ4v) is 1.36. The summed E-state index contributed by atoms with van der Waals surface area (Å²) >= 11 is 0. The average Bonchev–Trinajstić information content (AvgIpc) is 2.21. The maximum Gasteiger partial charge on any atom is 0.225 e. The molecular formula is C13H18F2N2O. The number of hydrogen-bond donors (Lipinski definition) is 2. The van der Waals surface area contributed by atoms with E-state index in [0.717, 1.165) is 18.2 Å². The number of anilines is 1. The molecule has 1 rings (SSSR count). The molecule has 5 heteroatoms. The number of rotatable bonds is 4. The van der Waals surface area contributed by atoms with Crippen molar-refractivity contribution in [3.8, 4) is 0 Å². The Morgan fingerprint density at radius 1 is 1.28 bits per heavy atom. The fourth-order valence-electron chi connectivity index (χ4n) is 1.36. The van der Waals surface area contributed by atoms with E-state index in [4.69, 9.17) is 0 Å². The molecular weight excluding hydrogens is 238 g/mol. The molecule has 100 valence electrons. The lowest BCUT2D eigenvalue weighted by Gasteiger charge is -2.20. The van der Waals surface area contributed by atoms with E-state index in [2.05, 4.69) is 10.6 Å². The van der Waals surface area contributed by atoms with Gasteiger partial charge in [-0.3, -0.25) is 4.79 Å². The summed E-state index contributed by atoms with van der Waals surface area (Å²) in [5.74, 6) is -1.58. The number of carbonyl (C=O) groups is 1. The lowest BCUT2D eigenvalue weighted by atomic mass is 10.1. The molecule has 0 aliphatic carbocycles. The number of benzene rings is 1. The SMILES string of the molecule is CC(C)(C)NCCC(=O)Nc1cc(F)ccc1F. The minimum Gasteiger partial charge on any atom is -0.323 e. The minimum absolute atomic E-state index is 0.0790.